The summed E-state index contributed by atoms with van der Waals surface area (Å²) < 4.78 is 26.3. The number of anilines is 2. The zero-order valence-electron chi connectivity index (χ0n) is 13.4. The summed E-state index contributed by atoms with van der Waals surface area (Å²) in [4.78, 5) is 0. The Morgan fingerprint density at radius 2 is 1.92 bits per heavy atom. The molecule has 3 aromatic rings. The number of H-pyrrole nitrogens is 1. The van der Waals surface area contributed by atoms with Crippen LogP contribution in [0.4, 0.5) is 11.4 Å². The molecule has 7 heteroatoms. The van der Waals surface area contributed by atoms with Crippen LogP contribution in [0, 0.1) is 0 Å². The number of benzene rings is 2. The molecule has 3 rings (SSSR count). The Labute approximate surface area is 141 Å². The summed E-state index contributed by atoms with van der Waals surface area (Å²) in [6.45, 7) is 2.46. The van der Waals surface area contributed by atoms with Gasteiger partial charge in [0.1, 0.15) is 0 Å². The Bertz CT molecular complexity index is 934. The second-order valence-corrected chi connectivity index (χ2v) is 7.45. The topological polar surface area (TPSA) is 86.9 Å². The summed E-state index contributed by atoms with van der Waals surface area (Å²) in [6.07, 6.45) is 2.38. The quantitative estimate of drug-likeness (QED) is 0.613. The predicted octanol–water partition coefficient (Wildman–Crippen LogP) is 3.33. The third-order valence-electron chi connectivity index (χ3n) is 3.65. The molecule has 0 radical (unpaired) electrons. The third-order valence-corrected chi connectivity index (χ3v) is 5.15. The first kappa shape index (κ1) is 16.3. The second-order valence-electron chi connectivity index (χ2n) is 5.61. The molecule has 0 spiro atoms. The summed E-state index contributed by atoms with van der Waals surface area (Å²) in [6, 6.07) is 13.3. The molecule has 6 nitrogen and oxygen atoms in total. The molecule has 24 heavy (non-hydrogen) atoms. The summed E-state index contributed by atoms with van der Waals surface area (Å²) in [5.41, 5.74) is 3.52. The van der Waals surface area contributed by atoms with Gasteiger partial charge in [0.25, 0.3) is 0 Å². The zero-order chi connectivity index (χ0) is 17.0. The van der Waals surface area contributed by atoms with Crippen LogP contribution in [-0.2, 0) is 16.6 Å². The number of aromatic amines is 1. The van der Waals surface area contributed by atoms with Crippen LogP contribution in [0.3, 0.4) is 0 Å². The average molecular weight is 344 g/mol. The molecule has 0 unspecified atom stereocenters. The lowest BCUT2D eigenvalue weighted by molar-refractivity contribution is 0.600. The molecule has 0 aliphatic heterocycles. The fourth-order valence-corrected chi connectivity index (χ4v) is 3.69. The Hall–Kier alpha value is -2.54. The van der Waals surface area contributed by atoms with Crippen LogP contribution < -0.4 is 10.0 Å². The molecular weight excluding hydrogens is 324 g/mol. The molecule has 0 amide bonds. The number of nitrogens with zero attached hydrogens (tertiary/aromatic N) is 1. The van der Waals surface area contributed by atoms with Crippen molar-refractivity contribution in [1.29, 1.82) is 0 Å². The highest BCUT2D eigenvalue weighted by Gasteiger charge is 2.09. The van der Waals surface area contributed by atoms with E-state index in [0.717, 1.165) is 22.2 Å². The number of nitrogens with one attached hydrogen (secondary N) is 3. The van der Waals surface area contributed by atoms with Crippen molar-refractivity contribution >= 4 is 32.3 Å². The molecular formula is C17H20N4O2S. The van der Waals surface area contributed by atoms with Crippen molar-refractivity contribution in [3.63, 3.8) is 0 Å². The van der Waals surface area contributed by atoms with Gasteiger partial charge in [0.15, 0.2) is 0 Å². The van der Waals surface area contributed by atoms with Gasteiger partial charge >= 0.3 is 0 Å². The largest absolute Gasteiger partial charge is 0.381 e. The fraction of sp³-hybridized carbons (Fsp3) is 0.235. The minimum absolute atomic E-state index is 0.118. The molecule has 0 atom stereocenters. The summed E-state index contributed by atoms with van der Waals surface area (Å²) >= 11 is 0. The maximum absolute atomic E-state index is 11.9. The predicted molar refractivity (Wildman–Crippen MR) is 97.6 cm³/mol. The third kappa shape index (κ3) is 3.86. The SMILES string of the molecule is CCCS(=O)(=O)Nc1cccc(NCc2cccc3cn[nH]c23)c1. The van der Waals surface area contributed by atoms with Crippen LogP contribution in [0.1, 0.15) is 18.9 Å². The van der Waals surface area contributed by atoms with E-state index in [-0.39, 0.29) is 5.75 Å². The van der Waals surface area contributed by atoms with E-state index in [1.807, 2.05) is 37.3 Å². The summed E-state index contributed by atoms with van der Waals surface area (Å²) in [5.74, 6) is 0.118. The van der Waals surface area contributed by atoms with Gasteiger partial charge in [-0.05, 0) is 30.2 Å². The van der Waals surface area contributed by atoms with Crippen LogP contribution in [0.15, 0.2) is 48.7 Å². The van der Waals surface area contributed by atoms with Crippen molar-refractivity contribution in [2.24, 2.45) is 0 Å². The molecule has 3 N–H and O–H groups in total. The van der Waals surface area contributed by atoms with Crippen molar-refractivity contribution < 1.29 is 8.42 Å². The van der Waals surface area contributed by atoms with Gasteiger partial charge in [-0.25, -0.2) is 8.42 Å². The first-order valence-electron chi connectivity index (χ1n) is 7.83. The number of hydrogen-bond donors (Lipinski definition) is 3. The van der Waals surface area contributed by atoms with E-state index in [4.69, 9.17) is 0 Å². The highest BCUT2D eigenvalue weighted by atomic mass is 32.2. The van der Waals surface area contributed by atoms with E-state index in [2.05, 4.69) is 20.2 Å². The van der Waals surface area contributed by atoms with Crippen molar-refractivity contribution in [2.75, 3.05) is 15.8 Å². The van der Waals surface area contributed by atoms with Crippen LogP contribution in [0.2, 0.25) is 0 Å². The monoisotopic (exact) mass is 344 g/mol. The smallest absolute Gasteiger partial charge is 0.232 e. The Morgan fingerprint density at radius 3 is 2.75 bits per heavy atom. The van der Waals surface area contributed by atoms with Crippen LogP contribution in [0.5, 0.6) is 0 Å². The lowest BCUT2D eigenvalue weighted by Gasteiger charge is -2.11. The number of sulfonamides is 1. The van der Waals surface area contributed by atoms with E-state index in [9.17, 15) is 8.42 Å². The maximum Gasteiger partial charge on any atom is 0.232 e. The van der Waals surface area contributed by atoms with Gasteiger partial charge in [0.2, 0.25) is 10.0 Å². The van der Waals surface area contributed by atoms with Crippen LogP contribution in [-0.4, -0.2) is 24.4 Å². The van der Waals surface area contributed by atoms with Gasteiger partial charge in [-0.15, -0.1) is 0 Å². The molecule has 0 fully saturated rings. The Balaban J connectivity index is 1.72. The van der Waals surface area contributed by atoms with Gasteiger partial charge in [0, 0.05) is 17.6 Å². The Morgan fingerprint density at radius 1 is 1.12 bits per heavy atom. The van der Waals surface area contributed by atoms with Gasteiger partial charge < -0.3 is 5.32 Å². The van der Waals surface area contributed by atoms with E-state index < -0.39 is 10.0 Å². The van der Waals surface area contributed by atoms with Crippen LogP contribution in [0.25, 0.3) is 10.9 Å². The van der Waals surface area contributed by atoms with E-state index in [0.29, 0.717) is 18.7 Å². The molecule has 1 aromatic heterocycles. The first-order chi connectivity index (χ1) is 11.6. The van der Waals surface area contributed by atoms with Gasteiger partial charge in [-0.1, -0.05) is 31.2 Å². The number of fused-ring (bicyclic) bond motifs is 1. The van der Waals surface area contributed by atoms with Gasteiger partial charge in [0.05, 0.1) is 23.2 Å². The fourth-order valence-electron chi connectivity index (χ4n) is 2.57. The standard InChI is InChI=1S/C17H20N4O2S/c1-2-9-24(22,23)21-16-8-4-7-15(10-16)18-11-13-5-3-6-14-12-19-20-17(13)14/h3-8,10,12,18,21H,2,9,11H2,1H3,(H,19,20). The lowest BCUT2D eigenvalue weighted by atomic mass is 10.1. The molecule has 0 saturated carbocycles. The minimum atomic E-state index is -3.28. The minimum Gasteiger partial charge on any atom is -0.381 e. The molecule has 1 heterocycles. The van der Waals surface area contributed by atoms with Gasteiger partial charge in [-0.2, -0.15) is 5.10 Å². The second kappa shape index (κ2) is 6.92. The lowest BCUT2D eigenvalue weighted by Crippen LogP contribution is -2.16. The van der Waals surface area contributed by atoms with Gasteiger partial charge in [-0.3, -0.25) is 9.82 Å². The van der Waals surface area contributed by atoms with Crippen molar-refractivity contribution in [2.45, 2.75) is 19.9 Å². The first-order valence-corrected chi connectivity index (χ1v) is 9.48. The van der Waals surface area contributed by atoms with Crippen molar-refractivity contribution in [3.8, 4) is 0 Å². The summed E-state index contributed by atoms with van der Waals surface area (Å²) in [5, 5.41) is 11.4. The molecule has 0 aliphatic rings. The molecule has 0 bridgehead atoms. The molecule has 0 aliphatic carbocycles. The summed E-state index contributed by atoms with van der Waals surface area (Å²) in [7, 11) is -3.28. The van der Waals surface area contributed by atoms with Crippen molar-refractivity contribution in [1.82, 2.24) is 10.2 Å². The highest BCUT2D eigenvalue weighted by molar-refractivity contribution is 7.92. The Kier molecular flexibility index (Phi) is 4.71. The van der Waals surface area contributed by atoms with E-state index in [1.54, 1.807) is 18.3 Å². The zero-order valence-corrected chi connectivity index (χ0v) is 14.2. The molecule has 0 saturated heterocycles. The van der Waals surface area contributed by atoms with Crippen molar-refractivity contribution in [3.05, 3.63) is 54.2 Å². The number of aromatic nitrogens is 2. The number of rotatable bonds is 7. The van der Waals surface area contributed by atoms with Crippen LogP contribution >= 0.6 is 0 Å². The average Bonchev–Trinajstić information content (AvgIpc) is 3.02. The van der Waals surface area contributed by atoms with E-state index >= 15 is 0 Å². The number of hydrogen-bond acceptors (Lipinski definition) is 4. The highest BCUT2D eigenvalue weighted by Crippen LogP contribution is 2.20. The van der Waals surface area contributed by atoms with E-state index in [1.165, 1.54) is 0 Å². The molecule has 2 aromatic carbocycles. The maximum atomic E-state index is 11.9. The number of para-hydroxylation sites is 1. The normalized spacial score (nSPS) is 11.5. The molecule has 126 valence electrons.